The van der Waals surface area contributed by atoms with Crippen LogP contribution in [-0.2, 0) is 4.79 Å². The largest absolute Gasteiger partial charge is 0.350 e. The first kappa shape index (κ1) is 5.35. The van der Waals surface area contributed by atoms with Gasteiger partial charge in [-0.3, -0.25) is 4.79 Å². The molecule has 0 aromatic carbocycles. The Morgan fingerprint density at radius 3 is 3.00 bits per heavy atom. The number of nitrogens with one attached hydrogen (secondary N) is 1. The minimum absolute atomic E-state index is 0.0313. The summed E-state index contributed by atoms with van der Waals surface area (Å²) in [5.74, 6) is 0.0313. The second-order valence-corrected chi connectivity index (χ2v) is 2.05. The van der Waals surface area contributed by atoms with Gasteiger partial charge in [0, 0.05) is 6.04 Å². The predicted octanol–water partition coefficient (Wildman–Crippen LogP) is 0.451. The van der Waals surface area contributed by atoms with Crippen LogP contribution in [0.4, 0.5) is 0 Å². The summed E-state index contributed by atoms with van der Waals surface area (Å²) in [6.45, 7) is 1.99. The van der Waals surface area contributed by atoms with E-state index in [9.17, 15) is 4.79 Å². The molecule has 1 N–H and O–H groups in total. The zero-order valence-electron chi connectivity index (χ0n) is 4.85. The second kappa shape index (κ2) is 1.99. The Hall–Kier alpha value is -0.790. The average molecular weight is 111 g/mol. The first-order valence-corrected chi connectivity index (χ1v) is 2.76. The SMILES string of the molecule is CC1CC=CC(=O)N1. The smallest absolute Gasteiger partial charge is 0.243 e. The van der Waals surface area contributed by atoms with Crippen molar-refractivity contribution in [3.05, 3.63) is 12.2 Å². The fraction of sp³-hybridized carbons (Fsp3) is 0.500. The van der Waals surface area contributed by atoms with Crippen LogP contribution < -0.4 is 5.32 Å². The van der Waals surface area contributed by atoms with Crippen molar-refractivity contribution in [2.45, 2.75) is 19.4 Å². The summed E-state index contributed by atoms with van der Waals surface area (Å²) in [5.41, 5.74) is 0. The predicted molar refractivity (Wildman–Crippen MR) is 31.4 cm³/mol. The summed E-state index contributed by atoms with van der Waals surface area (Å²) in [6, 6.07) is 0.326. The van der Waals surface area contributed by atoms with Gasteiger partial charge in [-0.1, -0.05) is 6.08 Å². The zero-order valence-corrected chi connectivity index (χ0v) is 4.85. The molecule has 0 spiro atoms. The fourth-order valence-corrected chi connectivity index (χ4v) is 0.729. The van der Waals surface area contributed by atoms with Gasteiger partial charge in [-0.05, 0) is 19.4 Å². The molecule has 0 aromatic rings. The van der Waals surface area contributed by atoms with Crippen LogP contribution in [-0.4, -0.2) is 11.9 Å². The third kappa shape index (κ3) is 1.09. The highest BCUT2D eigenvalue weighted by molar-refractivity contribution is 5.88. The molecule has 1 heterocycles. The topological polar surface area (TPSA) is 29.1 Å². The van der Waals surface area contributed by atoms with E-state index in [2.05, 4.69) is 5.32 Å². The van der Waals surface area contributed by atoms with Gasteiger partial charge in [0.15, 0.2) is 0 Å². The third-order valence-electron chi connectivity index (χ3n) is 1.15. The highest BCUT2D eigenvalue weighted by Gasteiger charge is 2.05. The van der Waals surface area contributed by atoms with E-state index in [-0.39, 0.29) is 5.91 Å². The van der Waals surface area contributed by atoms with Crippen LogP contribution in [0.5, 0.6) is 0 Å². The maximum Gasteiger partial charge on any atom is 0.243 e. The van der Waals surface area contributed by atoms with Gasteiger partial charge in [0.2, 0.25) is 5.91 Å². The number of rotatable bonds is 0. The molecule has 44 valence electrons. The highest BCUT2D eigenvalue weighted by Crippen LogP contribution is 1.97. The van der Waals surface area contributed by atoms with Crippen LogP contribution in [0, 0.1) is 0 Å². The van der Waals surface area contributed by atoms with Crippen molar-refractivity contribution in [3.63, 3.8) is 0 Å². The molecule has 0 fully saturated rings. The molecule has 1 rings (SSSR count). The fourth-order valence-electron chi connectivity index (χ4n) is 0.729. The second-order valence-electron chi connectivity index (χ2n) is 2.05. The highest BCUT2D eigenvalue weighted by atomic mass is 16.1. The molecule has 0 bridgehead atoms. The summed E-state index contributed by atoms with van der Waals surface area (Å²) in [5, 5.41) is 2.75. The molecule has 1 aliphatic rings. The number of carbonyl (C=O) groups excluding carboxylic acids is 1. The van der Waals surface area contributed by atoms with Crippen LogP contribution in [0.1, 0.15) is 13.3 Å². The van der Waals surface area contributed by atoms with Gasteiger partial charge in [-0.2, -0.15) is 0 Å². The van der Waals surface area contributed by atoms with E-state index in [1.165, 1.54) is 0 Å². The summed E-state index contributed by atoms with van der Waals surface area (Å²) in [4.78, 5) is 10.5. The first-order valence-electron chi connectivity index (χ1n) is 2.76. The van der Waals surface area contributed by atoms with E-state index >= 15 is 0 Å². The van der Waals surface area contributed by atoms with Gasteiger partial charge < -0.3 is 5.32 Å². The van der Waals surface area contributed by atoms with Crippen molar-refractivity contribution in [2.75, 3.05) is 0 Å². The quantitative estimate of drug-likeness (QED) is 0.483. The molecule has 0 saturated carbocycles. The van der Waals surface area contributed by atoms with E-state index in [1.807, 2.05) is 13.0 Å². The van der Waals surface area contributed by atoms with Crippen LogP contribution in [0.2, 0.25) is 0 Å². The molecule has 2 heteroatoms. The minimum atomic E-state index is 0.0313. The molecular weight excluding hydrogens is 102 g/mol. The molecule has 1 atom stereocenters. The Morgan fingerprint density at radius 2 is 2.62 bits per heavy atom. The molecule has 0 aliphatic carbocycles. The maximum atomic E-state index is 10.5. The van der Waals surface area contributed by atoms with Crippen LogP contribution in [0.15, 0.2) is 12.2 Å². The number of hydrogen-bond donors (Lipinski definition) is 1. The number of hydrogen-bond acceptors (Lipinski definition) is 1. The molecule has 2 nitrogen and oxygen atoms in total. The molecule has 8 heavy (non-hydrogen) atoms. The number of carbonyl (C=O) groups is 1. The van der Waals surface area contributed by atoms with Crippen molar-refractivity contribution < 1.29 is 4.79 Å². The molecule has 1 aliphatic heterocycles. The van der Waals surface area contributed by atoms with E-state index < -0.39 is 0 Å². The lowest BCUT2D eigenvalue weighted by Crippen LogP contribution is -2.33. The van der Waals surface area contributed by atoms with E-state index in [0.717, 1.165) is 6.42 Å². The van der Waals surface area contributed by atoms with Crippen molar-refractivity contribution in [1.82, 2.24) is 5.32 Å². The molecular formula is C6H9NO. The third-order valence-corrected chi connectivity index (χ3v) is 1.15. The van der Waals surface area contributed by atoms with Crippen molar-refractivity contribution >= 4 is 5.91 Å². The zero-order chi connectivity index (χ0) is 5.98. The van der Waals surface area contributed by atoms with E-state index in [1.54, 1.807) is 6.08 Å². The van der Waals surface area contributed by atoms with Gasteiger partial charge in [0.25, 0.3) is 0 Å². The lowest BCUT2D eigenvalue weighted by atomic mass is 10.2. The molecule has 1 unspecified atom stereocenters. The van der Waals surface area contributed by atoms with Gasteiger partial charge in [-0.25, -0.2) is 0 Å². The van der Waals surface area contributed by atoms with Gasteiger partial charge >= 0.3 is 0 Å². The minimum Gasteiger partial charge on any atom is -0.350 e. The molecule has 0 radical (unpaired) electrons. The average Bonchev–Trinajstić information content (AvgIpc) is 1.64. The molecule has 0 saturated heterocycles. The Labute approximate surface area is 48.6 Å². The normalized spacial score (nSPS) is 27.6. The van der Waals surface area contributed by atoms with E-state index in [0.29, 0.717) is 6.04 Å². The summed E-state index contributed by atoms with van der Waals surface area (Å²) >= 11 is 0. The Morgan fingerprint density at radius 1 is 1.88 bits per heavy atom. The maximum absolute atomic E-state index is 10.5. The van der Waals surface area contributed by atoms with Crippen molar-refractivity contribution in [2.24, 2.45) is 0 Å². The van der Waals surface area contributed by atoms with Crippen LogP contribution in [0.3, 0.4) is 0 Å². The molecule has 1 amide bonds. The summed E-state index contributed by atoms with van der Waals surface area (Å²) in [7, 11) is 0. The van der Waals surface area contributed by atoms with Gasteiger partial charge in [0.05, 0.1) is 0 Å². The van der Waals surface area contributed by atoms with Crippen molar-refractivity contribution in [3.8, 4) is 0 Å². The van der Waals surface area contributed by atoms with Crippen LogP contribution in [0.25, 0.3) is 0 Å². The van der Waals surface area contributed by atoms with Gasteiger partial charge in [0.1, 0.15) is 0 Å². The molecule has 0 aromatic heterocycles. The van der Waals surface area contributed by atoms with Crippen molar-refractivity contribution in [1.29, 1.82) is 0 Å². The Balaban J connectivity index is 2.54. The number of amides is 1. The first-order chi connectivity index (χ1) is 3.79. The van der Waals surface area contributed by atoms with Crippen LogP contribution >= 0.6 is 0 Å². The lowest BCUT2D eigenvalue weighted by Gasteiger charge is -2.12. The monoisotopic (exact) mass is 111 g/mol. The van der Waals surface area contributed by atoms with E-state index in [4.69, 9.17) is 0 Å². The van der Waals surface area contributed by atoms with Gasteiger partial charge in [-0.15, -0.1) is 0 Å². The lowest BCUT2D eigenvalue weighted by molar-refractivity contribution is -0.117. The summed E-state index contributed by atoms with van der Waals surface area (Å²) in [6.07, 6.45) is 4.43. The standard InChI is InChI=1S/C6H9NO/c1-5-3-2-4-6(8)7-5/h2,4-5H,3H2,1H3,(H,7,8). The summed E-state index contributed by atoms with van der Waals surface area (Å²) < 4.78 is 0. The Bertz CT molecular complexity index is 128. The Kier molecular flexibility index (Phi) is 1.33.